The molecule has 0 saturated heterocycles. The average Bonchev–Trinajstić information content (AvgIpc) is 2.97. The summed E-state index contributed by atoms with van der Waals surface area (Å²) in [5.41, 5.74) is 3.19. The molecule has 5 heteroatoms. The summed E-state index contributed by atoms with van der Waals surface area (Å²) in [7, 11) is 0. The molecule has 0 atom stereocenters. The molecular weight excluding hydrogens is 250 g/mol. The summed E-state index contributed by atoms with van der Waals surface area (Å²) in [5, 5.41) is 15.0. The Kier molecular flexibility index (Phi) is 3.41. The maximum absolute atomic E-state index is 4.02. The molecule has 0 radical (unpaired) electrons. The molecular formula is C15H15N5. The molecule has 3 rings (SSSR count). The van der Waals surface area contributed by atoms with Crippen molar-refractivity contribution in [2.24, 2.45) is 0 Å². The van der Waals surface area contributed by atoms with Crippen LogP contribution in [0, 0.1) is 0 Å². The van der Waals surface area contributed by atoms with Crippen molar-refractivity contribution in [2.45, 2.75) is 13.3 Å². The van der Waals surface area contributed by atoms with Gasteiger partial charge in [0.05, 0.1) is 5.69 Å². The smallest absolute Gasteiger partial charge is 0.252 e. The number of nitrogens with zero attached hydrogens (tertiary/aromatic N) is 4. The minimum Gasteiger partial charge on any atom is -0.323 e. The summed E-state index contributed by atoms with van der Waals surface area (Å²) in [6.45, 7) is 2.14. The van der Waals surface area contributed by atoms with Crippen LogP contribution in [0.4, 0.5) is 11.6 Å². The Morgan fingerprint density at radius 1 is 1.00 bits per heavy atom. The first-order chi connectivity index (χ1) is 9.86. The maximum Gasteiger partial charge on any atom is 0.252 e. The molecule has 1 aromatic heterocycles. The number of anilines is 2. The van der Waals surface area contributed by atoms with Crippen molar-refractivity contribution in [1.82, 2.24) is 20.2 Å². The van der Waals surface area contributed by atoms with Crippen molar-refractivity contribution in [3.05, 3.63) is 60.2 Å². The largest absolute Gasteiger partial charge is 0.323 e. The highest BCUT2D eigenvalue weighted by atomic mass is 15.6. The normalized spacial score (nSPS) is 10.4. The second-order valence-corrected chi connectivity index (χ2v) is 4.43. The monoisotopic (exact) mass is 265 g/mol. The Balaban J connectivity index is 1.86. The quantitative estimate of drug-likeness (QED) is 0.788. The SMILES string of the molecule is CCc1ccc(Nc2nnnn2-c2ccccc2)cc1. The van der Waals surface area contributed by atoms with Crippen molar-refractivity contribution in [2.75, 3.05) is 5.32 Å². The van der Waals surface area contributed by atoms with Gasteiger partial charge in [-0.15, -0.1) is 0 Å². The van der Waals surface area contributed by atoms with Crippen LogP contribution < -0.4 is 5.32 Å². The summed E-state index contributed by atoms with van der Waals surface area (Å²) in [6.07, 6.45) is 1.03. The van der Waals surface area contributed by atoms with Gasteiger partial charge in [0.2, 0.25) is 0 Å². The van der Waals surface area contributed by atoms with Gasteiger partial charge in [-0.25, -0.2) is 0 Å². The fourth-order valence-corrected chi connectivity index (χ4v) is 1.96. The van der Waals surface area contributed by atoms with E-state index in [1.165, 1.54) is 5.56 Å². The molecule has 0 bridgehead atoms. The number of aryl methyl sites for hydroxylation is 1. The second-order valence-electron chi connectivity index (χ2n) is 4.43. The zero-order chi connectivity index (χ0) is 13.8. The molecule has 0 amide bonds. The van der Waals surface area contributed by atoms with Crippen LogP contribution in [-0.2, 0) is 6.42 Å². The van der Waals surface area contributed by atoms with Gasteiger partial charge in [0.25, 0.3) is 5.95 Å². The van der Waals surface area contributed by atoms with Gasteiger partial charge in [-0.05, 0) is 46.7 Å². The van der Waals surface area contributed by atoms with Crippen LogP contribution in [0.15, 0.2) is 54.6 Å². The van der Waals surface area contributed by atoms with Crippen LogP contribution in [-0.4, -0.2) is 20.2 Å². The minimum atomic E-state index is 0.598. The highest BCUT2D eigenvalue weighted by Gasteiger charge is 2.07. The van der Waals surface area contributed by atoms with Gasteiger partial charge >= 0.3 is 0 Å². The predicted octanol–water partition coefficient (Wildman–Crippen LogP) is 2.97. The van der Waals surface area contributed by atoms with Crippen LogP contribution >= 0.6 is 0 Å². The Morgan fingerprint density at radius 3 is 2.45 bits per heavy atom. The van der Waals surface area contributed by atoms with E-state index in [1.54, 1.807) is 4.68 Å². The van der Waals surface area contributed by atoms with E-state index in [2.05, 4.69) is 39.9 Å². The number of rotatable bonds is 4. The van der Waals surface area contributed by atoms with E-state index in [4.69, 9.17) is 0 Å². The molecule has 1 heterocycles. The molecule has 0 saturated carbocycles. The predicted molar refractivity (Wildman–Crippen MR) is 78.3 cm³/mol. The van der Waals surface area contributed by atoms with Gasteiger partial charge in [0.1, 0.15) is 0 Å². The Hall–Kier alpha value is -2.69. The first-order valence-corrected chi connectivity index (χ1v) is 6.56. The fourth-order valence-electron chi connectivity index (χ4n) is 1.96. The number of para-hydroxylation sites is 1. The van der Waals surface area contributed by atoms with Crippen LogP contribution in [0.2, 0.25) is 0 Å². The number of nitrogens with one attached hydrogen (secondary N) is 1. The standard InChI is InChI=1S/C15H15N5/c1-2-12-8-10-13(11-9-12)16-15-17-18-19-20(15)14-6-4-3-5-7-14/h3-11H,2H2,1H3,(H,16,17,19). The average molecular weight is 265 g/mol. The van der Waals surface area contributed by atoms with Gasteiger partial charge in [-0.2, -0.15) is 4.68 Å². The maximum atomic E-state index is 4.02. The van der Waals surface area contributed by atoms with E-state index in [1.807, 2.05) is 42.5 Å². The molecule has 3 aromatic rings. The molecule has 0 aliphatic rings. The lowest BCUT2D eigenvalue weighted by Gasteiger charge is -2.07. The van der Waals surface area contributed by atoms with Gasteiger partial charge in [-0.3, -0.25) is 0 Å². The number of tetrazole rings is 1. The lowest BCUT2D eigenvalue weighted by molar-refractivity contribution is 0.791. The second kappa shape index (κ2) is 5.52. The highest BCUT2D eigenvalue weighted by molar-refractivity contribution is 5.55. The summed E-state index contributed by atoms with van der Waals surface area (Å²) in [5.74, 6) is 0.598. The van der Waals surface area contributed by atoms with E-state index in [0.717, 1.165) is 17.8 Å². The van der Waals surface area contributed by atoms with Crippen LogP contribution in [0.1, 0.15) is 12.5 Å². The van der Waals surface area contributed by atoms with Crippen LogP contribution in [0.5, 0.6) is 0 Å². The molecule has 0 fully saturated rings. The summed E-state index contributed by atoms with van der Waals surface area (Å²) in [6, 6.07) is 18.0. The zero-order valence-corrected chi connectivity index (χ0v) is 11.2. The van der Waals surface area contributed by atoms with E-state index >= 15 is 0 Å². The lowest BCUT2D eigenvalue weighted by Crippen LogP contribution is -2.03. The van der Waals surface area contributed by atoms with E-state index in [0.29, 0.717) is 5.95 Å². The van der Waals surface area contributed by atoms with Crippen molar-refractivity contribution >= 4 is 11.6 Å². The molecule has 20 heavy (non-hydrogen) atoms. The molecule has 0 aliphatic heterocycles. The molecule has 1 N–H and O–H groups in total. The fraction of sp³-hybridized carbons (Fsp3) is 0.133. The van der Waals surface area contributed by atoms with Crippen molar-refractivity contribution in [1.29, 1.82) is 0 Å². The van der Waals surface area contributed by atoms with Crippen molar-refractivity contribution in [3.63, 3.8) is 0 Å². The number of hydrogen-bond donors (Lipinski definition) is 1. The van der Waals surface area contributed by atoms with E-state index in [-0.39, 0.29) is 0 Å². The van der Waals surface area contributed by atoms with Crippen molar-refractivity contribution < 1.29 is 0 Å². The third-order valence-electron chi connectivity index (χ3n) is 3.09. The van der Waals surface area contributed by atoms with E-state index in [9.17, 15) is 0 Å². The Labute approximate surface area is 117 Å². The van der Waals surface area contributed by atoms with Gasteiger partial charge in [-0.1, -0.05) is 42.4 Å². The summed E-state index contributed by atoms with van der Waals surface area (Å²) >= 11 is 0. The van der Waals surface area contributed by atoms with Gasteiger partial charge < -0.3 is 5.32 Å². The molecule has 0 aliphatic carbocycles. The van der Waals surface area contributed by atoms with Gasteiger partial charge in [0.15, 0.2) is 0 Å². The van der Waals surface area contributed by atoms with Crippen LogP contribution in [0.25, 0.3) is 5.69 Å². The number of aromatic nitrogens is 4. The summed E-state index contributed by atoms with van der Waals surface area (Å²) < 4.78 is 1.67. The molecule has 2 aromatic carbocycles. The first kappa shape index (κ1) is 12.3. The minimum absolute atomic E-state index is 0.598. The van der Waals surface area contributed by atoms with Crippen molar-refractivity contribution in [3.8, 4) is 5.69 Å². The molecule has 0 unspecified atom stereocenters. The Morgan fingerprint density at radius 2 is 1.75 bits per heavy atom. The number of hydrogen-bond acceptors (Lipinski definition) is 4. The lowest BCUT2D eigenvalue weighted by atomic mass is 10.1. The first-order valence-electron chi connectivity index (χ1n) is 6.56. The van der Waals surface area contributed by atoms with Crippen LogP contribution in [0.3, 0.4) is 0 Å². The molecule has 100 valence electrons. The van der Waals surface area contributed by atoms with Gasteiger partial charge in [0, 0.05) is 5.69 Å². The highest BCUT2D eigenvalue weighted by Crippen LogP contribution is 2.17. The summed E-state index contributed by atoms with van der Waals surface area (Å²) in [4.78, 5) is 0. The number of benzene rings is 2. The molecule has 5 nitrogen and oxygen atoms in total. The third kappa shape index (κ3) is 2.51. The topological polar surface area (TPSA) is 55.6 Å². The molecule has 0 spiro atoms. The van der Waals surface area contributed by atoms with E-state index < -0.39 is 0 Å². The third-order valence-corrected chi connectivity index (χ3v) is 3.09. The Bertz CT molecular complexity index is 673. The zero-order valence-electron chi connectivity index (χ0n) is 11.2.